The fourth-order valence-electron chi connectivity index (χ4n) is 2.92. The number of methoxy groups -OCH3 is 1. The second-order valence-electron chi connectivity index (χ2n) is 7.00. The van der Waals surface area contributed by atoms with Crippen LogP contribution in [0.25, 0.3) is 0 Å². The Morgan fingerprint density at radius 3 is 2.19 bits per heavy atom. The molecule has 0 amide bonds. The second kappa shape index (κ2) is 8.87. The van der Waals surface area contributed by atoms with Crippen LogP contribution in [0.15, 0.2) is 59.5 Å². The summed E-state index contributed by atoms with van der Waals surface area (Å²) in [6, 6.07) is 15.5. The molecule has 2 aromatic rings. The predicted molar refractivity (Wildman–Crippen MR) is 107 cm³/mol. The first-order valence-electron chi connectivity index (χ1n) is 8.95. The van der Waals surface area contributed by atoms with Gasteiger partial charge in [-0.05, 0) is 49.1 Å². The molecule has 1 N–H and O–H groups in total. The van der Waals surface area contributed by atoms with Crippen LogP contribution in [0.5, 0.6) is 5.75 Å². The number of nitrogens with zero attached hydrogens (tertiary/aromatic N) is 1. The van der Waals surface area contributed by atoms with Crippen molar-refractivity contribution in [2.24, 2.45) is 5.92 Å². The van der Waals surface area contributed by atoms with Gasteiger partial charge in [-0.3, -0.25) is 0 Å². The summed E-state index contributed by atoms with van der Waals surface area (Å²) in [5.41, 5.74) is -0.771. The molecule has 0 saturated carbocycles. The van der Waals surface area contributed by atoms with Crippen LogP contribution in [-0.4, -0.2) is 37.2 Å². The van der Waals surface area contributed by atoms with Crippen molar-refractivity contribution in [3.8, 4) is 5.75 Å². The number of hydrogen-bond donors (Lipinski definition) is 1. The Labute approximate surface area is 162 Å². The third kappa shape index (κ3) is 5.09. The summed E-state index contributed by atoms with van der Waals surface area (Å²) in [5, 5.41) is 11.3. The van der Waals surface area contributed by atoms with E-state index in [-0.39, 0.29) is 30.2 Å². The maximum absolute atomic E-state index is 13.4. The van der Waals surface area contributed by atoms with Crippen LogP contribution in [0.3, 0.4) is 0 Å². The van der Waals surface area contributed by atoms with E-state index in [1.807, 2.05) is 44.2 Å². The van der Waals surface area contributed by atoms with Crippen LogP contribution in [0.4, 0.5) is 0 Å². The van der Waals surface area contributed by atoms with Crippen molar-refractivity contribution in [3.63, 3.8) is 0 Å². The Balaban J connectivity index is 2.47. The molecule has 1 radical (unpaired) electrons. The number of aliphatic hydroxyl groups is 1. The summed E-state index contributed by atoms with van der Waals surface area (Å²) in [5.74, 6) is 0.605. The lowest BCUT2D eigenvalue weighted by atomic mass is 9.99. The van der Waals surface area contributed by atoms with Gasteiger partial charge in [-0.1, -0.05) is 44.2 Å². The van der Waals surface area contributed by atoms with Crippen molar-refractivity contribution in [3.05, 3.63) is 67.1 Å². The van der Waals surface area contributed by atoms with Crippen molar-refractivity contribution in [1.82, 2.24) is 4.31 Å². The fraction of sp³-hybridized carbons (Fsp3) is 0.381. The second-order valence-corrected chi connectivity index (χ2v) is 8.86. The highest BCUT2D eigenvalue weighted by Gasteiger charge is 2.41. The Hall–Kier alpha value is -1.89. The highest BCUT2D eigenvalue weighted by Crippen LogP contribution is 2.30. The number of ether oxygens (including phenoxy) is 1. The molecule has 2 rings (SSSR count). The monoisotopic (exact) mass is 390 g/mol. The lowest BCUT2D eigenvalue weighted by Crippen LogP contribution is -2.54. The number of benzene rings is 2. The standard InChI is InChI=1S/C21H28NO4S/c1-5-21(23,15-18-9-7-6-8-10-18)22(16-17(2)3)27(24,25)20-13-11-19(26-4)12-14-20/h6-14,17,23H,1,5,15-16H2,2-4H3. The molecule has 0 fully saturated rings. The average Bonchev–Trinajstić information content (AvgIpc) is 2.66. The molecule has 0 aliphatic heterocycles. The zero-order valence-electron chi connectivity index (χ0n) is 16.1. The SMILES string of the molecule is [CH2]CC(O)(Cc1ccccc1)N(CC(C)C)S(=O)(=O)c1ccc(OC)cc1. The molecule has 1 atom stereocenters. The Morgan fingerprint density at radius 2 is 1.70 bits per heavy atom. The average molecular weight is 391 g/mol. The number of rotatable bonds is 9. The fourth-order valence-corrected chi connectivity index (χ4v) is 4.75. The molecule has 0 aromatic heterocycles. The first-order chi connectivity index (χ1) is 12.7. The minimum Gasteiger partial charge on any atom is -0.497 e. The lowest BCUT2D eigenvalue weighted by Gasteiger charge is -2.39. The first kappa shape index (κ1) is 21.4. The van der Waals surface area contributed by atoms with E-state index in [0.717, 1.165) is 5.56 Å². The van der Waals surface area contributed by atoms with Gasteiger partial charge in [-0.15, -0.1) is 0 Å². The molecule has 5 nitrogen and oxygen atoms in total. The minimum absolute atomic E-state index is 0.0317. The van der Waals surface area contributed by atoms with Crippen molar-refractivity contribution in [2.75, 3.05) is 13.7 Å². The van der Waals surface area contributed by atoms with Gasteiger partial charge in [-0.2, -0.15) is 4.31 Å². The summed E-state index contributed by atoms with van der Waals surface area (Å²) >= 11 is 0. The van der Waals surface area contributed by atoms with Gasteiger partial charge in [-0.25, -0.2) is 8.42 Å². The van der Waals surface area contributed by atoms with Crippen LogP contribution >= 0.6 is 0 Å². The van der Waals surface area contributed by atoms with Gasteiger partial charge in [0.15, 0.2) is 0 Å². The topological polar surface area (TPSA) is 66.8 Å². The molecule has 2 aromatic carbocycles. The normalized spacial score (nSPS) is 14.3. The molecule has 1 unspecified atom stereocenters. The summed E-state index contributed by atoms with van der Waals surface area (Å²) in [6.07, 6.45) is 0.198. The van der Waals surface area contributed by atoms with E-state index in [1.54, 1.807) is 12.1 Å². The van der Waals surface area contributed by atoms with Gasteiger partial charge < -0.3 is 9.84 Å². The van der Waals surface area contributed by atoms with E-state index in [2.05, 4.69) is 6.92 Å². The van der Waals surface area contributed by atoms with Crippen molar-refractivity contribution in [1.29, 1.82) is 0 Å². The zero-order chi connectivity index (χ0) is 20.1. The van der Waals surface area contributed by atoms with E-state index in [1.165, 1.54) is 23.5 Å². The van der Waals surface area contributed by atoms with E-state index in [4.69, 9.17) is 4.74 Å². The molecule has 0 bridgehead atoms. The summed E-state index contributed by atoms with van der Waals surface area (Å²) in [4.78, 5) is 0.115. The van der Waals surface area contributed by atoms with Gasteiger partial charge >= 0.3 is 0 Å². The van der Waals surface area contributed by atoms with E-state index >= 15 is 0 Å². The Morgan fingerprint density at radius 1 is 1.11 bits per heavy atom. The summed E-state index contributed by atoms with van der Waals surface area (Å²) in [6.45, 7) is 7.87. The van der Waals surface area contributed by atoms with Gasteiger partial charge in [0.25, 0.3) is 0 Å². The highest BCUT2D eigenvalue weighted by atomic mass is 32.2. The molecule has 147 valence electrons. The molecule has 27 heavy (non-hydrogen) atoms. The predicted octanol–water partition coefficient (Wildman–Crippen LogP) is 3.50. The lowest BCUT2D eigenvalue weighted by molar-refractivity contribution is -0.0624. The molecular weight excluding hydrogens is 362 g/mol. The first-order valence-corrected chi connectivity index (χ1v) is 10.4. The maximum atomic E-state index is 13.4. The van der Waals surface area contributed by atoms with Crippen molar-refractivity contribution < 1.29 is 18.3 Å². The Kier molecular flexibility index (Phi) is 7.03. The number of hydrogen-bond acceptors (Lipinski definition) is 4. The van der Waals surface area contributed by atoms with Crippen LogP contribution < -0.4 is 4.74 Å². The van der Waals surface area contributed by atoms with Crippen LogP contribution in [0.2, 0.25) is 0 Å². The largest absolute Gasteiger partial charge is 0.497 e. The summed E-state index contributed by atoms with van der Waals surface area (Å²) in [7, 11) is -2.40. The van der Waals surface area contributed by atoms with E-state index in [0.29, 0.717) is 5.75 Å². The van der Waals surface area contributed by atoms with Gasteiger partial charge in [0.1, 0.15) is 11.5 Å². The van der Waals surface area contributed by atoms with Crippen molar-refractivity contribution in [2.45, 2.75) is 37.3 Å². The molecule has 0 saturated heterocycles. The molecule has 0 spiro atoms. The van der Waals surface area contributed by atoms with Gasteiger partial charge in [0, 0.05) is 13.0 Å². The van der Waals surface area contributed by atoms with Crippen molar-refractivity contribution >= 4 is 10.0 Å². The molecule has 6 heteroatoms. The third-order valence-electron chi connectivity index (χ3n) is 4.37. The summed E-state index contributed by atoms with van der Waals surface area (Å²) < 4.78 is 33.0. The van der Waals surface area contributed by atoms with Crippen LogP contribution in [-0.2, 0) is 16.4 Å². The minimum atomic E-state index is -3.92. The van der Waals surface area contributed by atoms with E-state index in [9.17, 15) is 13.5 Å². The smallest absolute Gasteiger partial charge is 0.245 e. The van der Waals surface area contributed by atoms with E-state index < -0.39 is 15.7 Å². The van der Waals surface area contributed by atoms with Gasteiger partial charge in [0.2, 0.25) is 10.0 Å². The molecular formula is C21H28NO4S. The zero-order valence-corrected chi connectivity index (χ0v) is 16.9. The molecule has 0 aliphatic rings. The molecule has 0 heterocycles. The van der Waals surface area contributed by atoms with Gasteiger partial charge in [0.05, 0.1) is 12.0 Å². The third-order valence-corrected chi connectivity index (χ3v) is 6.31. The maximum Gasteiger partial charge on any atom is 0.245 e. The highest BCUT2D eigenvalue weighted by molar-refractivity contribution is 7.89. The molecule has 0 aliphatic carbocycles. The Bertz CT molecular complexity index is 819. The number of sulfonamides is 1. The van der Waals surface area contributed by atoms with Crippen LogP contribution in [0.1, 0.15) is 25.8 Å². The quantitative estimate of drug-likeness (QED) is 0.666. The van der Waals surface area contributed by atoms with Crippen LogP contribution in [0, 0.1) is 12.8 Å².